The van der Waals surface area contributed by atoms with Gasteiger partial charge in [0.15, 0.2) is 5.69 Å². The summed E-state index contributed by atoms with van der Waals surface area (Å²) in [5.41, 5.74) is 7.96. The number of hydrogen-bond acceptors (Lipinski definition) is 6. The summed E-state index contributed by atoms with van der Waals surface area (Å²) in [6, 6.07) is 9.87. The minimum absolute atomic E-state index is 0.181. The van der Waals surface area contributed by atoms with Gasteiger partial charge in [-0.15, -0.1) is 0 Å². The van der Waals surface area contributed by atoms with Crippen LogP contribution < -0.4 is 15.4 Å². The summed E-state index contributed by atoms with van der Waals surface area (Å²) in [6.45, 7) is 4.00. The standard InChI is InChI=1S/C22H28N4O3/c1-3-29-22(27)20-19(24)17(14-23)21(25-12-8-4-5-9-13-25)26(20)15-16-10-6-7-11-18(16)28-2/h6-7,10-11H,3-5,8-9,12-13,15,24H2,1-2H3. The highest BCUT2D eigenvalue weighted by atomic mass is 16.5. The van der Waals surface area contributed by atoms with Crippen molar-refractivity contribution in [3.8, 4) is 11.8 Å². The number of aromatic nitrogens is 1. The number of nitrogens with zero attached hydrogens (tertiary/aromatic N) is 3. The Balaban J connectivity index is 2.18. The maximum atomic E-state index is 12.8. The number of nitrogens with two attached hydrogens (primary N) is 1. The van der Waals surface area contributed by atoms with Gasteiger partial charge in [-0.25, -0.2) is 4.79 Å². The van der Waals surface area contributed by atoms with E-state index in [0.29, 0.717) is 17.9 Å². The van der Waals surface area contributed by atoms with Crippen molar-refractivity contribution in [1.29, 1.82) is 5.26 Å². The average Bonchev–Trinajstić information content (AvgIpc) is 2.88. The van der Waals surface area contributed by atoms with Crippen molar-refractivity contribution >= 4 is 17.5 Å². The zero-order valence-electron chi connectivity index (χ0n) is 17.1. The third-order valence-electron chi connectivity index (χ3n) is 5.28. The Morgan fingerprint density at radius 2 is 1.90 bits per heavy atom. The molecule has 0 unspecified atom stereocenters. The molecule has 0 spiro atoms. The van der Waals surface area contributed by atoms with E-state index in [-0.39, 0.29) is 18.0 Å². The summed E-state index contributed by atoms with van der Waals surface area (Å²) in [5.74, 6) is 0.897. The fourth-order valence-electron chi connectivity index (χ4n) is 3.92. The smallest absolute Gasteiger partial charge is 0.357 e. The molecule has 2 aromatic rings. The predicted octanol–water partition coefficient (Wildman–Crippen LogP) is 3.56. The second kappa shape index (κ2) is 9.37. The molecule has 0 amide bonds. The molecule has 1 aliphatic heterocycles. The van der Waals surface area contributed by atoms with Gasteiger partial charge in [0.25, 0.3) is 0 Å². The first kappa shape index (κ1) is 20.6. The first-order valence-electron chi connectivity index (χ1n) is 10.1. The minimum Gasteiger partial charge on any atom is -0.496 e. The van der Waals surface area contributed by atoms with Gasteiger partial charge in [0.1, 0.15) is 23.2 Å². The summed E-state index contributed by atoms with van der Waals surface area (Å²) in [5, 5.41) is 9.87. The minimum atomic E-state index is -0.516. The molecule has 0 atom stereocenters. The fraction of sp³-hybridized carbons (Fsp3) is 0.455. The molecule has 0 bridgehead atoms. The van der Waals surface area contributed by atoms with E-state index in [0.717, 1.165) is 50.1 Å². The molecule has 1 fully saturated rings. The van der Waals surface area contributed by atoms with E-state index in [4.69, 9.17) is 15.2 Å². The van der Waals surface area contributed by atoms with Crippen LogP contribution in [-0.2, 0) is 11.3 Å². The van der Waals surface area contributed by atoms with Crippen LogP contribution in [0.1, 0.15) is 54.2 Å². The Labute approximate surface area is 171 Å². The van der Waals surface area contributed by atoms with Crippen molar-refractivity contribution in [2.75, 3.05) is 37.4 Å². The summed E-state index contributed by atoms with van der Waals surface area (Å²) in [7, 11) is 1.62. The van der Waals surface area contributed by atoms with Gasteiger partial charge < -0.3 is 24.7 Å². The van der Waals surface area contributed by atoms with E-state index in [2.05, 4.69) is 11.0 Å². The van der Waals surface area contributed by atoms with Crippen LogP contribution in [0.2, 0.25) is 0 Å². The Hall–Kier alpha value is -3.14. The molecular weight excluding hydrogens is 368 g/mol. The van der Waals surface area contributed by atoms with Crippen LogP contribution in [0.3, 0.4) is 0 Å². The van der Waals surface area contributed by atoms with Crippen LogP contribution in [0.25, 0.3) is 0 Å². The third-order valence-corrected chi connectivity index (χ3v) is 5.28. The van der Waals surface area contributed by atoms with Gasteiger partial charge in [-0.05, 0) is 25.8 Å². The molecule has 0 radical (unpaired) electrons. The molecule has 0 aliphatic carbocycles. The number of rotatable bonds is 6. The molecule has 3 rings (SSSR count). The lowest BCUT2D eigenvalue weighted by Crippen LogP contribution is -2.28. The Morgan fingerprint density at radius 3 is 2.52 bits per heavy atom. The quantitative estimate of drug-likeness (QED) is 0.751. The number of hydrogen-bond donors (Lipinski definition) is 1. The van der Waals surface area contributed by atoms with Gasteiger partial charge in [-0.2, -0.15) is 5.26 Å². The van der Waals surface area contributed by atoms with Crippen LogP contribution in [-0.4, -0.2) is 37.3 Å². The van der Waals surface area contributed by atoms with E-state index < -0.39 is 5.97 Å². The zero-order valence-corrected chi connectivity index (χ0v) is 17.1. The lowest BCUT2D eigenvalue weighted by molar-refractivity contribution is 0.0516. The maximum absolute atomic E-state index is 12.8. The second-order valence-corrected chi connectivity index (χ2v) is 7.09. The van der Waals surface area contributed by atoms with Crippen molar-refractivity contribution < 1.29 is 14.3 Å². The van der Waals surface area contributed by atoms with Gasteiger partial charge in [-0.3, -0.25) is 0 Å². The van der Waals surface area contributed by atoms with Gasteiger partial charge in [0, 0.05) is 18.7 Å². The number of nitrogen functional groups attached to an aromatic ring is 1. The number of nitriles is 1. The van der Waals surface area contributed by atoms with Gasteiger partial charge in [0.2, 0.25) is 0 Å². The molecule has 2 heterocycles. The summed E-state index contributed by atoms with van der Waals surface area (Å²) < 4.78 is 12.6. The highest BCUT2D eigenvalue weighted by molar-refractivity contribution is 5.97. The average molecular weight is 396 g/mol. The summed E-state index contributed by atoms with van der Waals surface area (Å²) in [6.07, 6.45) is 4.40. The molecule has 1 aliphatic rings. The number of carbonyl (C=O) groups is 1. The molecule has 7 nitrogen and oxygen atoms in total. The first-order chi connectivity index (χ1) is 14.1. The van der Waals surface area contributed by atoms with Crippen LogP contribution in [0.15, 0.2) is 24.3 Å². The van der Waals surface area contributed by atoms with Crippen molar-refractivity contribution in [3.05, 3.63) is 41.1 Å². The Morgan fingerprint density at radius 1 is 1.21 bits per heavy atom. The van der Waals surface area contributed by atoms with Crippen LogP contribution in [0, 0.1) is 11.3 Å². The second-order valence-electron chi connectivity index (χ2n) is 7.09. The van der Waals surface area contributed by atoms with E-state index >= 15 is 0 Å². The number of para-hydroxylation sites is 1. The number of ether oxygens (including phenoxy) is 2. The van der Waals surface area contributed by atoms with Crippen LogP contribution in [0.5, 0.6) is 5.75 Å². The van der Waals surface area contributed by atoms with Crippen molar-refractivity contribution in [1.82, 2.24) is 4.57 Å². The molecule has 1 aromatic carbocycles. The molecule has 154 valence electrons. The van der Waals surface area contributed by atoms with E-state index in [1.807, 2.05) is 28.8 Å². The first-order valence-corrected chi connectivity index (χ1v) is 10.1. The number of anilines is 2. The summed E-state index contributed by atoms with van der Waals surface area (Å²) >= 11 is 0. The molecule has 2 N–H and O–H groups in total. The number of methoxy groups -OCH3 is 1. The topological polar surface area (TPSA) is 93.5 Å². The normalized spacial score (nSPS) is 14.2. The lowest BCUT2D eigenvalue weighted by Gasteiger charge is -2.25. The predicted molar refractivity (Wildman–Crippen MR) is 112 cm³/mol. The molecule has 1 saturated heterocycles. The Kier molecular flexibility index (Phi) is 6.65. The van der Waals surface area contributed by atoms with E-state index in [9.17, 15) is 10.1 Å². The van der Waals surface area contributed by atoms with Crippen molar-refractivity contribution in [2.24, 2.45) is 0 Å². The third kappa shape index (κ3) is 4.16. The largest absolute Gasteiger partial charge is 0.496 e. The Bertz CT molecular complexity index is 906. The number of esters is 1. The fourth-order valence-corrected chi connectivity index (χ4v) is 3.92. The van der Waals surface area contributed by atoms with Crippen LogP contribution >= 0.6 is 0 Å². The highest BCUT2D eigenvalue weighted by Gasteiger charge is 2.30. The summed E-state index contributed by atoms with van der Waals surface area (Å²) in [4.78, 5) is 15.0. The monoisotopic (exact) mass is 396 g/mol. The molecule has 0 saturated carbocycles. The van der Waals surface area contributed by atoms with Gasteiger partial charge in [-0.1, -0.05) is 31.0 Å². The van der Waals surface area contributed by atoms with E-state index in [1.54, 1.807) is 14.0 Å². The zero-order chi connectivity index (χ0) is 20.8. The molecular formula is C22H28N4O3. The molecule has 7 heteroatoms. The SMILES string of the molecule is CCOC(=O)c1c(N)c(C#N)c(N2CCCCCC2)n1Cc1ccccc1OC. The van der Waals surface area contributed by atoms with Crippen LogP contribution in [0.4, 0.5) is 11.5 Å². The molecule has 1 aromatic heterocycles. The number of benzene rings is 1. The lowest BCUT2D eigenvalue weighted by atomic mass is 10.2. The van der Waals surface area contributed by atoms with Gasteiger partial charge >= 0.3 is 5.97 Å². The molecule has 29 heavy (non-hydrogen) atoms. The number of carbonyl (C=O) groups excluding carboxylic acids is 1. The maximum Gasteiger partial charge on any atom is 0.357 e. The van der Waals surface area contributed by atoms with Crippen molar-refractivity contribution in [2.45, 2.75) is 39.2 Å². The van der Waals surface area contributed by atoms with Crippen molar-refractivity contribution in [3.63, 3.8) is 0 Å². The highest BCUT2D eigenvalue weighted by Crippen LogP contribution is 2.36. The van der Waals surface area contributed by atoms with E-state index in [1.165, 1.54) is 0 Å². The van der Waals surface area contributed by atoms with Gasteiger partial charge in [0.05, 0.1) is 25.9 Å².